The highest BCUT2D eigenvalue weighted by Gasteiger charge is 2.52. The van der Waals surface area contributed by atoms with Crippen molar-refractivity contribution in [2.45, 2.75) is 37.8 Å². The molecule has 198 valence electrons. The standard InChI is InChI=1S/C29H31ClN4O4/c1-32(26-6-4-3-5-25(26)30)28(35)34(2,22-13-17-33(18-14-22)21-11-15-31-16-12-21)27-10-8-20-7-9-23(19-24(20)27)38-29(36)37/h3-7,9,11-12,15-16,19,22,27H,8,10,13-14,17-18H2,1-2H3/p+1. The number of aromatic nitrogens is 1. The van der Waals surface area contributed by atoms with E-state index in [2.05, 4.69) is 9.88 Å². The molecule has 0 spiro atoms. The largest absolute Gasteiger partial charge is 0.511 e. The molecule has 2 atom stereocenters. The van der Waals surface area contributed by atoms with Crippen LogP contribution < -0.4 is 14.5 Å². The average Bonchev–Trinajstić information content (AvgIpc) is 3.36. The number of pyridine rings is 1. The molecule has 1 N–H and O–H groups in total. The van der Waals surface area contributed by atoms with Gasteiger partial charge in [-0.2, -0.15) is 0 Å². The molecule has 2 unspecified atom stereocenters. The van der Waals surface area contributed by atoms with E-state index < -0.39 is 6.16 Å². The van der Waals surface area contributed by atoms with Gasteiger partial charge >= 0.3 is 12.2 Å². The molecule has 0 bridgehead atoms. The Morgan fingerprint density at radius 3 is 2.47 bits per heavy atom. The van der Waals surface area contributed by atoms with Crippen LogP contribution in [0.15, 0.2) is 67.0 Å². The highest BCUT2D eigenvalue weighted by Crippen LogP contribution is 2.46. The van der Waals surface area contributed by atoms with E-state index in [1.807, 2.05) is 43.4 Å². The molecular weight excluding hydrogens is 504 g/mol. The van der Waals surface area contributed by atoms with Crippen LogP contribution in [-0.2, 0) is 6.42 Å². The van der Waals surface area contributed by atoms with Gasteiger partial charge in [-0.25, -0.2) is 14.1 Å². The van der Waals surface area contributed by atoms with Gasteiger partial charge in [0.05, 0.1) is 17.8 Å². The second-order valence-corrected chi connectivity index (χ2v) is 10.6. The lowest BCUT2D eigenvalue weighted by atomic mass is 9.95. The number of quaternary nitrogens is 1. The summed E-state index contributed by atoms with van der Waals surface area (Å²) >= 11 is 6.51. The number of carbonyl (C=O) groups excluding carboxylic acids is 1. The van der Waals surface area contributed by atoms with E-state index >= 15 is 0 Å². The molecule has 1 aliphatic carbocycles. The van der Waals surface area contributed by atoms with Gasteiger partial charge in [0.15, 0.2) is 0 Å². The third-order valence-corrected chi connectivity index (χ3v) is 8.50. The molecule has 1 fully saturated rings. The van der Waals surface area contributed by atoms with E-state index in [1.54, 1.807) is 42.5 Å². The van der Waals surface area contributed by atoms with Crippen molar-refractivity contribution in [2.75, 3.05) is 37.0 Å². The molecular formula is C29H32ClN4O4+. The first kappa shape index (κ1) is 26.0. The Kier molecular flexibility index (Phi) is 7.27. The summed E-state index contributed by atoms with van der Waals surface area (Å²) in [5.74, 6) is 0.272. The van der Waals surface area contributed by atoms with Crippen LogP contribution in [0.1, 0.15) is 36.4 Å². The van der Waals surface area contributed by atoms with Gasteiger partial charge in [-0.05, 0) is 48.4 Å². The molecule has 9 heteroatoms. The minimum Gasteiger partial charge on any atom is -0.449 e. The summed E-state index contributed by atoms with van der Waals surface area (Å²) in [7, 11) is 3.82. The molecule has 2 heterocycles. The van der Waals surface area contributed by atoms with Crippen molar-refractivity contribution in [3.63, 3.8) is 0 Å². The quantitative estimate of drug-likeness (QED) is 0.240. The fourth-order valence-corrected chi connectivity index (χ4v) is 6.45. The van der Waals surface area contributed by atoms with Crippen LogP contribution in [0.3, 0.4) is 0 Å². The van der Waals surface area contributed by atoms with Crippen molar-refractivity contribution in [3.05, 3.63) is 83.1 Å². The maximum Gasteiger partial charge on any atom is 0.511 e. The van der Waals surface area contributed by atoms with Gasteiger partial charge in [0.1, 0.15) is 17.8 Å². The van der Waals surface area contributed by atoms with E-state index in [9.17, 15) is 9.59 Å². The molecule has 3 aromatic rings. The summed E-state index contributed by atoms with van der Waals surface area (Å²) in [6, 6.07) is 16.7. The number of nitrogens with zero attached hydrogens (tertiary/aromatic N) is 4. The first-order valence-electron chi connectivity index (χ1n) is 12.9. The van der Waals surface area contributed by atoms with Crippen LogP contribution in [0, 0.1) is 0 Å². The Morgan fingerprint density at radius 1 is 1.08 bits per heavy atom. The zero-order valence-electron chi connectivity index (χ0n) is 21.6. The maximum atomic E-state index is 14.5. The number of carboxylic acid groups (broad SMARTS) is 1. The molecule has 1 aromatic heterocycles. The summed E-state index contributed by atoms with van der Waals surface area (Å²) in [6.45, 7) is 1.65. The number of rotatable bonds is 5. The van der Waals surface area contributed by atoms with Crippen LogP contribution in [0.2, 0.25) is 5.02 Å². The van der Waals surface area contributed by atoms with Crippen molar-refractivity contribution >= 4 is 35.2 Å². The number of benzene rings is 2. The van der Waals surface area contributed by atoms with Crippen molar-refractivity contribution < 1.29 is 23.9 Å². The molecule has 38 heavy (non-hydrogen) atoms. The van der Waals surface area contributed by atoms with Crippen LogP contribution in [0.5, 0.6) is 5.75 Å². The number of piperidine rings is 1. The minimum atomic E-state index is -1.35. The Hall–Kier alpha value is -3.62. The first-order valence-corrected chi connectivity index (χ1v) is 13.2. The Balaban J connectivity index is 1.51. The molecule has 0 radical (unpaired) electrons. The second kappa shape index (κ2) is 10.6. The topological polar surface area (TPSA) is 83.0 Å². The summed E-state index contributed by atoms with van der Waals surface area (Å²) < 4.78 is 5.16. The number of aryl methyl sites for hydroxylation is 1. The molecule has 2 aromatic carbocycles. The van der Waals surface area contributed by atoms with Gasteiger partial charge in [-0.15, -0.1) is 0 Å². The number of urea groups is 1. The van der Waals surface area contributed by atoms with Gasteiger partial charge in [-0.3, -0.25) is 9.88 Å². The predicted molar refractivity (Wildman–Crippen MR) is 147 cm³/mol. The van der Waals surface area contributed by atoms with Gasteiger partial charge in [-0.1, -0.05) is 29.8 Å². The third kappa shape index (κ3) is 4.81. The van der Waals surface area contributed by atoms with E-state index in [1.165, 1.54) is 0 Å². The number of hydrogen-bond donors (Lipinski definition) is 1. The number of carbonyl (C=O) groups is 2. The fourth-order valence-electron chi connectivity index (χ4n) is 6.19. The van der Waals surface area contributed by atoms with Crippen LogP contribution in [0.25, 0.3) is 0 Å². The number of halogens is 1. The SMILES string of the molecule is CN(C(=O)[N+](C)(C1CCN(c2ccncc2)CC1)C1CCc2ccc(OC(=O)O)cc21)c1ccccc1Cl. The van der Waals surface area contributed by atoms with Gasteiger partial charge in [0.25, 0.3) is 0 Å². The Labute approximate surface area is 227 Å². The monoisotopic (exact) mass is 535 g/mol. The predicted octanol–water partition coefficient (Wildman–Crippen LogP) is 6.15. The summed E-state index contributed by atoms with van der Waals surface area (Å²) in [6.07, 6.45) is 5.52. The number of anilines is 2. The van der Waals surface area contributed by atoms with Gasteiger partial charge in [0.2, 0.25) is 0 Å². The first-order chi connectivity index (χ1) is 18.3. The zero-order valence-corrected chi connectivity index (χ0v) is 22.3. The maximum absolute atomic E-state index is 14.5. The van der Waals surface area contributed by atoms with E-state index in [4.69, 9.17) is 21.4 Å². The zero-order chi connectivity index (χ0) is 26.9. The Bertz CT molecular complexity index is 1330. The highest BCUT2D eigenvalue weighted by atomic mass is 35.5. The number of amides is 2. The molecule has 5 rings (SSSR count). The van der Waals surface area contributed by atoms with Crippen LogP contribution in [0.4, 0.5) is 21.0 Å². The number of para-hydroxylation sites is 1. The number of fused-ring (bicyclic) bond motifs is 1. The molecule has 0 saturated carbocycles. The minimum absolute atomic E-state index is 0.0390. The lowest BCUT2D eigenvalue weighted by molar-refractivity contribution is -0.887. The molecule has 1 saturated heterocycles. The molecule has 8 nitrogen and oxygen atoms in total. The van der Waals surface area contributed by atoms with E-state index in [0.29, 0.717) is 10.7 Å². The van der Waals surface area contributed by atoms with Gasteiger partial charge < -0.3 is 14.7 Å². The van der Waals surface area contributed by atoms with Crippen molar-refractivity contribution in [1.29, 1.82) is 0 Å². The fraction of sp³-hybridized carbons (Fsp3) is 0.345. The number of ether oxygens (including phenoxy) is 1. The third-order valence-electron chi connectivity index (χ3n) is 8.18. The van der Waals surface area contributed by atoms with E-state index in [0.717, 1.165) is 55.6 Å². The lowest BCUT2D eigenvalue weighted by Crippen LogP contribution is -2.64. The highest BCUT2D eigenvalue weighted by molar-refractivity contribution is 6.33. The van der Waals surface area contributed by atoms with Crippen molar-refractivity contribution in [3.8, 4) is 5.75 Å². The Morgan fingerprint density at radius 2 is 1.79 bits per heavy atom. The van der Waals surface area contributed by atoms with Crippen molar-refractivity contribution in [1.82, 2.24) is 4.98 Å². The summed E-state index contributed by atoms with van der Waals surface area (Å²) in [4.78, 5) is 33.9. The van der Waals surface area contributed by atoms with Crippen LogP contribution in [-0.4, -0.2) is 60.0 Å². The average molecular weight is 536 g/mol. The lowest BCUT2D eigenvalue weighted by Gasteiger charge is -2.48. The summed E-state index contributed by atoms with van der Waals surface area (Å²) in [5, 5.41) is 9.69. The molecule has 1 aliphatic heterocycles. The number of hydrogen-bond acceptors (Lipinski definition) is 5. The molecule has 2 amide bonds. The molecule has 2 aliphatic rings. The smallest absolute Gasteiger partial charge is 0.449 e. The summed E-state index contributed by atoms with van der Waals surface area (Å²) in [5.41, 5.74) is 3.90. The van der Waals surface area contributed by atoms with Gasteiger partial charge in [0, 0.05) is 63.0 Å². The van der Waals surface area contributed by atoms with Crippen LogP contribution >= 0.6 is 11.6 Å². The normalized spacial score (nSPS) is 18.9. The second-order valence-electron chi connectivity index (χ2n) is 10.1. The van der Waals surface area contributed by atoms with E-state index in [-0.39, 0.29) is 28.3 Å². The van der Waals surface area contributed by atoms with Crippen molar-refractivity contribution in [2.24, 2.45) is 0 Å².